The second kappa shape index (κ2) is 10.9. The zero-order chi connectivity index (χ0) is 21.2. The third-order valence-electron chi connectivity index (χ3n) is 4.27. The number of hydrogen-bond donors (Lipinski definition) is 2. The maximum atomic E-state index is 5.98. The van der Waals surface area contributed by atoms with Gasteiger partial charge in [0.05, 0.1) is 20.2 Å². The molecule has 0 fully saturated rings. The van der Waals surface area contributed by atoms with Gasteiger partial charge in [-0.1, -0.05) is 30.3 Å². The highest BCUT2D eigenvalue weighted by atomic mass is 16.5. The Bertz CT molecular complexity index is 940. The Labute approximate surface area is 177 Å². The number of guanidine groups is 1. The Balaban J connectivity index is 1.56. The van der Waals surface area contributed by atoms with Crippen molar-refractivity contribution in [3.8, 4) is 23.0 Å². The molecule has 0 aliphatic heterocycles. The minimum atomic E-state index is -0.0816. The van der Waals surface area contributed by atoms with Crippen LogP contribution in [0.5, 0.6) is 11.5 Å². The van der Waals surface area contributed by atoms with Crippen molar-refractivity contribution >= 4 is 5.96 Å². The van der Waals surface area contributed by atoms with Crippen LogP contribution in [0.25, 0.3) is 11.5 Å². The van der Waals surface area contributed by atoms with Gasteiger partial charge in [0, 0.05) is 12.1 Å². The van der Waals surface area contributed by atoms with Gasteiger partial charge in [-0.2, -0.15) is 0 Å². The largest absolute Gasteiger partial charge is 0.493 e. The van der Waals surface area contributed by atoms with E-state index in [1.54, 1.807) is 13.4 Å². The topological polar surface area (TPSA) is 80.9 Å². The molecule has 0 saturated carbocycles. The van der Waals surface area contributed by atoms with Gasteiger partial charge in [0.2, 0.25) is 5.89 Å². The minimum Gasteiger partial charge on any atom is -0.493 e. The molecule has 7 nitrogen and oxygen atoms in total. The highest BCUT2D eigenvalue weighted by Gasteiger charge is 2.10. The van der Waals surface area contributed by atoms with Crippen LogP contribution in [0.2, 0.25) is 0 Å². The van der Waals surface area contributed by atoms with Crippen molar-refractivity contribution < 1.29 is 13.9 Å². The van der Waals surface area contributed by atoms with E-state index in [0.29, 0.717) is 36.4 Å². The van der Waals surface area contributed by atoms with Crippen LogP contribution in [-0.2, 0) is 6.54 Å². The van der Waals surface area contributed by atoms with Gasteiger partial charge in [0.1, 0.15) is 18.1 Å². The lowest BCUT2D eigenvalue weighted by Crippen LogP contribution is -2.41. The van der Waals surface area contributed by atoms with E-state index in [0.717, 1.165) is 17.8 Å². The molecule has 0 aliphatic carbocycles. The zero-order valence-electron chi connectivity index (χ0n) is 17.6. The number of ether oxygens (including phenoxy) is 2. The summed E-state index contributed by atoms with van der Waals surface area (Å²) in [6, 6.07) is 17.4. The molecule has 2 N–H and O–H groups in total. The molecule has 0 spiro atoms. The highest BCUT2D eigenvalue weighted by Crippen LogP contribution is 2.26. The summed E-state index contributed by atoms with van der Waals surface area (Å²) in [5, 5.41) is 6.53. The lowest BCUT2D eigenvalue weighted by atomic mass is 10.2. The molecule has 30 heavy (non-hydrogen) atoms. The molecule has 1 atom stereocenters. The summed E-state index contributed by atoms with van der Waals surface area (Å²) in [5.41, 5.74) is 1.71. The fraction of sp³-hybridized carbons (Fsp3) is 0.304. The Kier molecular flexibility index (Phi) is 7.71. The first kappa shape index (κ1) is 21.2. The molecule has 0 bridgehead atoms. The molecule has 3 rings (SSSR count). The van der Waals surface area contributed by atoms with Crippen LogP contribution >= 0.6 is 0 Å². The van der Waals surface area contributed by atoms with E-state index in [4.69, 9.17) is 13.9 Å². The zero-order valence-corrected chi connectivity index (χ0v) is 17.6. The smallest absolute Gasteiger partial charge is 0.226 e. The quantitative estimate of drug-likeness (QED) is 0.413. The predicted molar refractivity (Wildman–Crippen MR) is 118 cm³/mol. The van der Waals surface area contributed by atoms with E-state index in [1.165, 1.54) is 0 Å². The van der Waals surface area contributed by atoms with Crippen molar-refractivity contribution in [3.63, 3.8) is 0 Å². The number of nitrogens with zero attached hydrogens (tertiary/aromatic N) is 2. The Hall–Kier alpha value is -3.48. The molecular formula is C23H28N4O3. The van der Waals surface area contributed by atoms with Crippen molar-refractivity contribution in [1.29, 1.82) is 0 Å². The molecular weight excluding hydrogens is 380 g/mol. The third kappa shape index (κ3) is 6.01. The first-order chi connectivity index (χ1) is 14.7. The number of rotatable bonds is 9. The van der Waals surface area contributed by atoms with E-state index in [9.17, 15) is 0 Å². The maximum absolute atomic E-state index is 5.98. The summed E-state index contributed by atoms with van der Waals surface area (Å²) >= 11 is 0. The molecule has 0 radical (unpaired) electrons. The van der Waals surface area contributed by atoms with Crippen LogP contribution in [0.4, 0.5) is 0 Å². The van der Waals surface area contributed by atoms with Crippen molar-refractivity contribution in [2.75, 3.05) is 20.2 Å². The number of nitrogens with one attached hydrogen (secondary N) is 2. The number of hydrogen-bond acceptors (Lipinski definition) is 5. The summed E-state index contributed by atoms with van der Waals surface area (Å²) < 4.78 is 16.9. The van der Waals surface area contributed by atoms with Crippen molar-refractivity contribution in [2.24, 2.45) is 4.99 Å². The normalized spacial score (nSPS) is 12.3. The molecule has 2 aromatic carbocycles. The summed E-state index contributed by atoms with van der Waals surface area (Å²) in [5.74, 6) is 2.72. The Morgan fingerprint density at radius 3 is 2.53 bits per heavy atom. The van der Waals surface area contributed by atoms with Crippen molar-refractivity contribution in [3.05, 3.63) is 66.6 Å². The van der Waals surface area contributed by atoms with E-state index in [2.05, 4.69) is 20.6 Å². The maximum Gasteiger partial charge on any atom is 0.226 e. The molecule has 158 valence electrons. The van der Waals surface area contributed by atoms with E-state index >= 15 is 0 Å². The first-order valence-corrected chi connectivity index (χ1v) is 10.0. The second-order valence-electron chi connectivity index (χ2n) is 6.67. The lowest BCUT2D eigenvalue weighted by Gasteiger charge is -2.18. The van der Waals surface area contributed by atoms with E-state index < -0.39 is 0 Å². The summed E-state index contributed by atoms with van der Waals surface area (Å²) in [6.45, 7) is 5.76. The minimum absolute atomic E-state index is 0.0816. The molecule has 0 saturated heterocycles. The number of aliphatic imine (C=N–C) groups is 1. The van der Waals surface area contributed by atoms with Gasteiger partial charge in [0.15, 0.2) is 17.5 Å². The number of methoxy groups -OCH3 is 1. The molecule has 3 aromatic rings. The van der Waals surface area contributed by atoms with Crippen molar-refractivity contribution in [2.45, 2.75) is 26.5 Å². The fourth-order valence-electron chi connectivity index (χ4n) is 2.81. The highest BCUT2D eigenvalue weighted by molar-refractivity contribution is 5.79. The van der Waals surface area contributed by atoms with Crippen LogP contribution < -0.4 is 20.1 Å². The predicted octanol–water partition coefficient (Wildman–Crippen LogP) is 3.87. The molecule has 1 unspecified atom stereocenters. The SMILES string of the molecule is CCNC(=NCc1coc(-c2ccccc2)n1)NCC(C)Oc1ccccc1OC. The van der Waals surface area contributed by atoms with Crippen molar-refractivity contribution in [1.82, 2.24) is 15.6 Å². The average molecular weight is 409 g/mol. The monoisotopic (exact) mass is 408 g/mol. The van der Waals surface area contributed by atoms with Crippen LogP contribution in [0, 0.1) is 0 Å². The average Bonchev–Trinajstić information content (AvgIpc) is 3.26. The van der Waals surface area contributed by atoms with Gasteiger partial charge in [0.25, 0.3) is 0 Å². The number of benzene rings is 2. The standard InChI is InChI=1S/C23H28N4O3/c1-4-24-23(25-14-17(2)30-21-13-9-8-12-20(21)28-3)26-15-19-16-29-22(27-19)18-10-6-5-7-11-18/h5-13,16-17H,4,14-15H2,1-3H3,(H2,24,25,26). The van der Waals surface area contributed by atoms with Crippen LogP contribution in [0.3, 0.4) is 0 Å². The second-order valence-corrected chi connectivity index (χ2v) is 6.67. The molecule has 1 aromatic heterocycles. The van der Waals surface area contributed by atoms with Gasteiger partial charge in [-0.3, -0.25) is 0 Å². The van der Waals surface area contributed by atoms with Crippen LogP contribution in [-0.4, -0.2) is 37.2 Å². The van der Waals surface area contributed by atoms with E-state index in [1.807, 2.05) is 68.4 Å². The first-order valence-electron chi connectivity index (χ1n) is 10.0. The summed E-state index contributed by atoms with van der Waals surface area (Å²) in [6.07, 6.45) is 1.56. The van der Waals surface area contributed by atoms with Gasteiger partial charge >= 0.3 is 0 Å². The van der Waals surface area contributed by atoms with Gasteiger partial charge in [-0.25, -0.2) is 9.98 Å². The van der Waals surface area contributed by atoms with Crippen LogP contribution in [0.15, 0.2) is 70.3 Å². The molecule has 0 aliphatic rings. The van der Waals surface area contributed by atoms with E-state index in [-0.39, 0.29) is 6.10 Å². The Morgan fingerprint density at radius 2 is 1.80 bits per heavy atom. The number of oxazole rings is 1. The van der Waals surface area contributed by atoms with Crippen LogP contribution in [0.1, 0.15) is 19.5 Å². The molecule has 1 heterocycles. The molecule has 7 heteroatoms. The molecule has 0 amide bonds. The van der Waals surface area contributed by atoms with Gasteiger partial charge in [-0.15, -0.1) is 0 Å². The van der Waals surface area contributed by atoms with Gasteiger partial charge in [-0.05, 0) is 38.1 Å². The third-order valence-corrected chi connectivity index (χ3v) is 4.27. The Morgan fingerprint density at radius 1 is 1.07 bits per heavy atom. The van der Waals surface area contributed by atoms with Gasteiger partial charge < -0.3 is 24.5 Å². The summed E-state index contributed by atoms with van der Waals surface area (Å²) in [4.78, 5) is 9.11. The fourth-order valence-corrected chi connectivity index (χ4v) is 2.81. The lowest BCUT2D eigenvalue weighted by molar-refractivity contribution is 0.213. The number of para-hydroxylation sites is 2. The summed E-state index contributed by atoms with van der Waals surface area (Å²) in [7, 11) is 1.63. The number of aromatic nitrogens is 1.